The van der Waals surface area contributed by atoms with Gasteiger partial charge in [-0.2, -0.15) is 0 Å². The van der Waals surface area contributed by atoms with Crippen LogP contribution in [0.1, 0.15) is 28.9 Å². The summed E-state index contributed by atoms with van der Waals surface area (Å²) in [4.78, 5) is 29.5. The van der Waals surface area contributed by atoms with E-state index >= 15 is 0 Å². The Labute approximate surface area is 161 Å². The molecule has 7 nitrogen and oxygen atoms in total. The van der Waals surface area contributed by atoms with Gasteiger partial charge >= 0.3 is 0 Å². The van der Waals surface area contributed by atoms with Crippen molar-refractivity contribution in [3.63, 3.8) is 0 Å². The summed E-state index contributed by atoms with van der Waals surface area (Å²) in [6.45, 7) is 1.47. The molecule has 2 aromatic rings. The number of para-hydroxylation sites is 1. The standard InChI is InChI=1S/C20H21FN4O3/c21-15-6-7-17(22-13-15)20(27)23-16-9-11-25(12-10-16)18-4-2-1-3-14(18)5-8-19(26)24-28/h1-8,13,16,28H,9-12H2,(H,23,27)(H,24,26). The molecule has 1 fully saturated rings. The number of nitrogens with zero attached hydrogens (tertiary/aromatic N) is 2. The zero-order chi connectivity index (χ0) is 19.9. The van der Waals surface area contributed by atoms with Crippen molar-refractivity contribution in [1.82, 2.24) is 15.8 Å². The topological polar surface area (TPSA) is 94.6 Å². The molecule has 1 aromatic carbocycles. The number of piperidine rings is 1. The Kier molecular flexibility index (Phi) is 6.33. The van der Waals surface area contributed by atoms with Crippen LogP contribution in [0.3, 0.4) is 0 Å². The smallest absolute Gasteiger partial charge is 0.270 e. The van der Waals surface area contributed by atoms with Crippen LogP contribution in [-0.2, 0) is 4.79 Å². The van der Waals surface area contributed by atoms with E-state index in [4.69, 9.17) is 5.21 Å². The number of amides is 2. The van der Waals surface area contributed by atoms with Gasteiger partial charge in [0.1, 0.15) is 11.5 Å². The molecule has 0 unspecified atom stereocenters. The van der Waals surface area contributed by atoms with Crippen LogP contribution >= 0.6 is 0 Å². The highest BCUT2D eigenvalue weighted by atomic mass is 19.1. The first-order valence-corrected chi connectivity index (χ1v) is 8.95. The zero-order valence-electron chi connectivity index (χ0n) is 15.1. The van der Waals surface area contributed by atoms with E-state index in [2.05, 4.69) is 15.2 Å². The summed E-state index contributed by atoms with van der Waals surface area (Å²) >= 11 is 0. The average Bonchev–Trinajstić information content (AvgIpc) is 2.73. The molecule has 2 amide bonds. The second-order valence-corrected chi connectivity index (χ2v) is 6.46. The van der Waals surface area contributed by atoms with Crippen molar-refractivity contribution in [2.24, 2.45) is 0 Å². The maximum Gasteiger partial charge on any atom is 0.270 e. The van der Waals surface area contributed by atoms with Crippen molar-refractivity contribution < 1.29 is 19.2 Å². The van der Waals surface area contributed by atoms with Gasteiger partial charge in [0.05, 0.1) is 6.20 Å². The van der Waals surface area contributed by atoms with Crippen LogP contribution in [0.5, 0.6) is 0 Å². The molecule has 0 bridgehead atoms. The van der Waals surface area contributed by atoms with Crippen LogP contribution in [0.2, 0.25) is 0 Å². The summed E-state index contributed by atoms with van der Waals surface area (Å²) < 4.78 is 12.9. The molecule has 3 N–H and O–H groups in total. The molecular weight excluding hydrogens is 363 g/mol. The van der Waals surface area contributed by atoms with Gasteiger partial charge in [0.2, 0.25) is 0 Å². The first-order valence-electron chi connectivity index (χ1n) is 8.95. The zero-order valence-corrected chi connectivity index (χ0v) is 15.1. The van der Waals surface area contributed by atoms with E-state index in [1.54, 1.807) is 11.6 Å². The summed E-state index contributed by atoms with van der Waals surface area (Å²) in [5.74, 6) is -1.38. The minimum Gasteiger partial charge on any atom is -0.371 e. The number of aromatic nitrogens is 1. The number of hydrogen-bond donors (Lipinski definition) is 3. The number of carbonyl (C=O) groups excluding carboxylic acids is 2. The summed E-state index contributed by atoms with van der Waals surface area (Å²) in [5.41, 5.74) is 3.61. The third-order valence-electron chi connectivity index (χ3n) is 4.59. The molecule has 0 atom stereocenters. The van der Waals surface area contributed by atoms with Crippen molar-refractivity contribution in [3.8, 4) is 0 Å². The second kappa shape index (κ2) is 9.09. The summed E-state index contributed by atoms with van der Waals surface area (Å²) in [7, 11) is 0. The lowest BCUT2D eigenvalue weighted by Gasteiger charge is -2.34. The van der Waals surface area contributed by atoms with Crippen molar-refractivity contribution in [1.29, 1.82) is 0 Å². The molecule has 0 spiro atoms. The van der Waals surface area contributed by atoms with Crippen LogP contribution in [-0.4, -0.2) is 41.1 Å². The van der Waals surface area contributed by atoms with Crippen molar-refractivity contribution in [2.75, 3.05) is 18.0 Å². The lowest BCUT2D eigenvalue weighted by Crippen LogP contribution is -2.45. The number of halogens is 1. The minimum absolute atomic E-state index is 0.0125. The highest BCUT2D eigenvalue weighted by Crippen LogP contribution is 2.25. The van der Waals surface area contributed by atoms with Gasteiger partial charge in [-0.05, 0) is 42.7 Å². The fraction of sp³-hybridized carbons (Fsp3) is 0.250. The third kappa shape index (κ3) is 4.92. The molecule has 0 radical (unpaired) electrons. The summed E-state index contributed by atoms with van der Waals surface area (Å²) in [5, 5.41) is 11.6. The molecule has 146 valence electrons. The van der Waals surface area contributed by atoms with E-state index in [9.17, 15) is 14.0 Å². The van der Waals surface area contributed by atoms with Crippen molar-refractivity contribution >= 4 is 23.6 Å². The van der Waals surface area contributed by atoms with Crippen LogP contribution in [0.25, 0.3) is 6.08 Å². The number of hydroxylamine groups is 1. The lowest BCUT2D eigenvalue weighted by atomic mass is 10.0. The second-order valence-electron chi connectivity index (χ2n) is 6.46. The minimum atomic E-state index is -0.592. The Hall–Kier alpha value is -3.26. The predicted octanol–water partition coefficient (Wildman–Crippen LogP) is 2.14. The van der Waals surface area contributed by atoms with Crippen LogP contribution in [0.4, 0.5) is 10.1 Å². The average molecular weight is 384 g/mol. The number of carbonyl (C=O) groups is 2. The van der Waals surface area contributed by atoms with Crippen molar-refractivity contribution in [3.05, 3.63) is 65.7 Å². The fourth-order valence-electron chi connectivity index (χ4n) is 3.15. The van der Waals surface area contributed by atoms with Gasteiger partial charge in [0.25, 0.3) is 11.8 Å². The molecule has 0 aliphatic carbocycles. The lowest BCUT2D eigenvalue weighted by molar-refractivity contribution is -0.124. The first kappa shape index (κ1) is 19.5. The Morgan fingerprint density at radius 3 is 2.61 bits per heavy atom. The quantitative estimate of drug-likeness (QED) is 0.417. The van der Waals surface area contributed by atoms with E-state index < -0.39 is 11.7 Å². The van der Waals surface area contributed by atoms with Crippen LogP contribution in [0, 0.1) is 5.82 Å². The number of anilines is 1. The molecule has 28 heavy (non-hydrogen) atoms. The SMILES string of the molecule is O=C(C=Cc1ccccc1N1CCC(NC(=O)c2ccc(F)cn2)CC1)NO. The Balaban J connectivity index is 1.60. The van der Waals surface area contributed by atoms with E-state index in [1.165, 1.54) is 18.2 Å². The molecular formula is C20H21FN4O3. The molecule has 1 saturated heterocycles. The molecule has 8 heteroatoms. The van der Waals surface area contributed by atoms with E-state index in [0.717, 1.165) is 43.4 Å². The highest BCUT2D eigenvalue weighted by Gasteiger charge is 2.22. The monoisotopic (exact) mass is 384 g/mol. The Bertz CT molecular complexity index is 862. The number of nitrogens with one attached hydrogen (secondary N) is 2. The van der Waals surface area contributed by atoms with Gasteiger partial charge in [-0.1, -0.05) is 18.2 Å². The summed E-state index contributed by atoms with van der Waals surface area (Å²) in [6, 6.07) is 10.3. The van der Waals surface area contributed by atoms with Gasteiger partial charge in [0, 0.05) is 30.9 Å². The molecule has 1 aromatic heterocycles. The summed E-state index contributed by atoms with van der Waals surface area (Å²) in [6.07, 6.45) is 5.44. The molecule has 1 aliphatic heterocycles. The van der Waals surface area contributed by atoms with Crippen LogP contribution in [0.15, 0.2) is 48.7 Å². The molecule has 1 aliphatic rings. The molecule has 3 rings (SSSR count). The molecule has 0 saturated carbocycles. The normalized spacial score (nSPS) is 14.9. The van der Waals surface area contributed by atoms with Gasteiger partial charge < -0.3 is 10.2 Å². The van der Waals surface area contributed by atoms with Gasteiger partial charge in [0.15, 0.2) is 0 Å². The maximum absolute atomic E-state index is 12.9. The Morgan fingerprint density at radius 2 is 1.93 bits per heavy atom. The number of benzene rings is 1. The molecule has 2 heterocycles. The third-order valence-corrected chi connectivity index (χ3v) is 4.59. The highest BCUT2D eigenvalue weighted by molar-refractivity contribution is 5.92. The number of pyridine rings is 1. The van der Waals surface area contributed by atoms with Crippen LogP contribution < -0.4 is 15.7 Å². The van der Waals surface area contributed by atoms with E-state index in [0.29, 0.717) is 0 Å². The predicted molar refractivity (Wildman–Crippen MR) is 102 cm³/mol. The van der Waals surface area contributed by atoms with Gasteiger partial charge in [-0.15, -0.1) is 0 Å². The first-order chi connectivity index (χ1) is 13.6. The number of rotatable bonds is 5. The largest absolute Gasteiger partial charge is 0.371 e. The van der Waals surface area contributed by atoms with E-state index in [1.807, 2.05) is 24.3 Å². The number of hydrogen-bond acceptors (Lipinski definition) is 5. The van der Waals surface area contributed by atoms with Crippen molar-refractivity contribution in [2.45, 2.75) is 18.9 Å². The maximum atomic E-state index is 12.9. The fourth-order valence-corrected chi connectivity index (χ4v) is 3.15. The van der Waals surface area contributed by atoms with Gasteiger partial charge in [-0.25, -0.2) is 14.9 Å². The van der Waals surface area contributed by atoms with E-state index in [-0.39, 0.29) is 17.6 Å². The van der Waals surface area contributed by atoms with Gasteiger partial charge in [-0.3, -0.25) is 14.8 Å². The Morgan fingerprint density at radius 1 is 1.18 bits per heavy atom.